The van der Waals surface area contributed by atoms with Gasteiger partial charge in [0.05, 0.1) is 18.6 Å². The fraction of sp³-hybridized carbons (Fsp3) is 0.909. The Bertz CT molecular complexity index is 190. The van der Waals surface area contributed by atoms with E-state index < -0.39 is 5.41 Å². The van der Waals surface area contributed by atoms with Crippen molar-refractivity contribution in [1.82, 2.24) is 5.32 Å². The molecule has 0 aromatic rings. The molecule has 0 bridgehead atoms. The van der Waals surface area contributed by atoms with E-state index in [0.717, 1.165) is 19.4 Å². The van der Waals surface area contributed by atoms with E-state index in [1.807, 2.05) is 13.8 Å². The third-order valence-corrected chi connectivity index (χ3v) is 2.28. The Morgan fingerprint density at radius 3 is 2.60 bits per heavy atom. The van der Waals surface area contributed by atoms with Gasteiger partial charge >= 0.3 is 5.97 Å². The minimum atomic E-state index is -0.487. The van der Waals surface area contributed by atoms with Crippen molar-refractivity contribution >= 4 is 5.97 Å². The Kier molecular flexibility index (Phi) is 6.52. The highest BCUT2D eigenvalue weighted by molar-refractivity contribution is 5.75. The molecule has 0 aromatic carbocycles. The molecule has 15 heavy (non-hydrogen) atoms. The van der Waals surface area contributed by atoms with Gasteiger partial charge in [0.2, 0.25) is 0 Å². The van der Waals surface area contributed by atoms with Gasteiger partial charge in [-0.25, -0.2) is 0 Å². The highest BCUT2D eigenvalue weighted by Gasteiger charge is 2.27. The molecule has 2 N–H and O–H groups in total. The van der Waals surface area contributed by atoms with Gasteiger partial charge in [0.1, 0.15) is 0 Å². The van der Waals surface area contributed by atoms with Crippen LogP contribution in [0.2, 0.25) is 0 Å². The predicted molar refractivity (Wildman–Crippen MR) is 59.6 cm³/mol. The molecule has 90 valence electrons. The third kappa shape index (κ3) is 6.47. The Morgan fingerprint density at radius 1 is 1.53 bits per heavy atom. The van der Waals surface area contributed by atoms with Gasteiger partial charge in [-0.1, -0.05) is 0 Å². The van der Waals surface area contributed by atoms with Gasteiger partial charge in [-0.05, 0) is 40.2 Å². The number of methoxy groups -OCH3 is 1. The highest BCUT2D eigenvalue weighted by atomic mass is 16.5. The van der Waals surface area contributed by atoms with Crippen LogP contribution in [0.4, 0.5) is 0 Å². The average molecular weight is 217 g/mol. The Morgan fingerprint density at radius 2 is 2.13 bits per heavy atom. The summed E-state index contributed by atoms with van der Waals surface area (Å²) in [5, 5.41) is 12.2. The smallest absolute Gasteiger partial charge is 0.312 e. The van der Waals surface area contributed by atoms with Crippen molar-refractivity contribution < 1.29 is 14.6 Å². The molecule has 1 unspecified atom stereocenters. The second-order valence-corrected chi connectivity index (χ2v) is 4.54. The van der Waals surface area contributed by atoms with Crippen molar-refractivity contribution in [3.8, 4) is 0 Å². The van der Waals surface area contributed by atoms with Gasteiger partial charge in [0.15, 0.2) is 0 Å². The zero-order valence-corrected chi connectivity index (χ0v) is 10.2. The fourth-order valence-corrected chi connectivity index (χ4v) is 1.27. The molecular formula is C11H23NO3. The quantitative estimate of drug-likeness (QED) is 0.492. The minimum absolute atomic E-state index is 0.203. The Balaban J connectivity index is 3.62. The number of aliphatic hydroxyl groups is 1. The lowest BCUT2D eigenvalue weighted by Crippen LogP contribution is -2.37. The second kappa shape index (κ2) is 6.80. The van der Waals surface area contributed by atoms with Crippen molar-refractivity contribution in [3.63, 3.8) is 0 Å². The summed E-state index contributed by atoms with van der Waals surface area (Å²) in [6.07, 6.45) is 1.45. The topological polar surface area (TPSA) is 58.6 Å². The molecule has 0 aliphatic heterocycles. The Labute approximate surface area is 92.0 Å². The van der Waals surface area contributed by atoms with Crippen LogP contribution in [-0.2, 0) is 9.53 Å². The van der Waals surface area contributed by atoms with Gasteiger partial charge in [0, 0.05) is 6.54 Å². The van der Waals surface area contributed by atoms with Crippen LogP contribution in [0.3, 0.4) is 0 Å². The number of esters is 1. The monoisotopic (exact) mass is 217 g/mol. The lowest BCUT2D eigenvalue weighted by Gasteiger charge is -2.21. The SMILES string of the molecule is COC(=O)C(C)(C)CNCCCC(C)O. The normalized spacial score (nSPS) is 13.7. The van der Waals surface area contributed by atoms with Crippen LogP contribution in [0.5, 0.6) is 0 Å². The molecule has 0 saturated heterocycles. The maximum atomic E-state index is 11.3. The minimum Gasteiger partial charge on any atom is -0.469 e. The van der Waals surface area contributed by atoms with Crippen LogP contribution in [0, 0.1) is 5.41 Å². The fourth-order valence-electron chi connectivity index (χ4n) is 1.27. The summed E-state index contributed by atoms with van der Waals surface area (Å²) >= 11 is 0. The highest BCUT2D eigenvalue weighted by Crippen LogP contribution is 2.15. The lowest BCUT2D eigenvalue weighted by molar-refractivity contribution is -0.150. The Hall–Kier alpha value is -0.610. The number of ether oxygens (including phenoxy) is 1. The van der Waals surface area contributed by atoms with Crippen molar-refractivity contribution in [3.05, 3.63) is 0 Å². The molecule has 0 radical (unpaired) electrons. The van der Waals surface area contributed by atoms with Crippen LogP contribution in [-0.4, -0.2) is 37.4 Å². The largest absolute Gasteiger partial charge is 0.469 e. The van der Waals surface area contributed by atoms with E-state index >= 15 is 0 Å². The van der Waals surface area contributed by atoms with E-state index in [2.05, 4.69) is 5.32 Å². The maximum absolute atomic E-state index is 11.3. The summed E-state index contributed by atoms with van der Waals surface area (Å²) in [6.45, 7) is 6.88. The first kappa shape index (κ1) is 14.4. The lowest BCUT2D eigenvalue weighted by atomic mass is 9.94. The van der Waals surface area contributed by atoms with Crippen LogP contribution >= 0.6 is 0 Å². The van der Waals surface area contributed by atoms with Crippen LogP contribution in [0.25, 0.3) is 0 Å². The average Bonchev–Trinajstić information content (AvgIpc) is 2.15. The number of aliphatic hydroxyl groups excluding tert-OH is 1. The van der Waals surface area contributed by atoms with Gasteiger partial charge in [-0.3, -0.25) is 4.79 Å². The molecule has 0 rings (SSSR count). The van der Waals surface area contributed by atoms with E-state index in [9.17, 15) is 4.79 Å². The zero-order valence-electron chi connectivity index (χ0n) is 10.2. The van der Waals surface area contributed by atoms with E-state index in [1.54, 1.807) is 6.92 Å². The molecule has 0 aliphatic rings. The first-order chi connectivity index (χ1) is 6.90. The predicted octanol–water partition coefficient (Wildman–Crippen LogP) is 0.936. The van der Waals surface area contributed by atoms with Crippen LogP contribution < -0.4 is 5.32 Å². The number of rotatable bonds is 7. The molecule has 0 saturated carbocycles. The summed E-state index contributed by atoms with van der Waals surface area (Å²) < 4.78 is 4.69. The molecule has 4 heteroatoms. The number of hydrogen-bond acceptors (Lipinski definition) is 4. The maximum Gasteiger partial charge on any atom is 0.312 e. The summed E-state index contributed by atoms with van der Waals surface area (Å²) in [7, 11) is 1.40. The number of carbonyl (C=O) groups is 1. The molecule has 0 amide bonds. The molecule has 0 fully saturated rings. The van der Waals surface area contributed by atoms with Crippen molar-refractivity contribution in [2.24, 2.45) is 5.41 Å². The molecule has 0 aromatic heterocycles. The van der Waals surface area contributed by atoms with E-state index in [-0.39, 0.29) is 12.1 Å². The van der Waals surface area contributed by atoms with Crippen LogP contribution in [0.15, 0.2) is 0 Å². The number of carbonyl (C=O) groups excluding carboxylic acids is 1. The summed E-state index contributed by atoms with van der Waals surface area (Å²) in [6, 6.07) is 0. The van der Waals surface area contributed by atoms with E-state index in [4.69, 9.17) is 9.84 Å². The molecule has 1 atom stereocenters. The number of hydrogen-bond donors (Lipinski definition) is 2. The third-order valence-electron chi connectivity index (χ3n) is 2.28. The first-order valence-corrected chi connectivity index (χ1v) is 5.37. The molecule has 0 spiro atoms. The van der Waals surface area contributed by atoms with Crippen molar-refractivity contribution in [2.75, 3.05) is 20.2 Å². The zero-order chi connectivity index (χ0) is 11.9. The summed E-state index contributed by atoms with van der Waals surface area (Å²) in [5.74, 6) is -0.203. The second-order valence-electron chi connectivity index (χ2n) is 4.54. The summed E-state index contributed by atoms with van der Waals surface area (Å²) in [4.78, 5) is 11.3. The first-order valence-electron chi connectivity index (χ1n) is 5.37. The van der Waals surface area contributed by atoms with Gasteiger partial charge in [-0.2, -0.15) is 0 Å². The van der Waals surface area contributed by atoms with Gasteiger partial charge < -0.3 is 15.2 Å². The standard InChI is InChI=1S/C11H23NO3/c1-9(13)6-5-7-12-8-11(2,3)10(14)15-4/h9,12-13H,5-8H2,1-4H3. The van der Waals surface area contributed by atoms with Gasteiger partial charge in [-0.15, -0.1) is 0 Å². The number of nitrogens with one attached hydrogen (secondary N) is 1. The van der Waals surface area contributed by atoms with E-state index in [1.165, 1.54) is 7.11 Å². The van der Waals surface area contributed by atoms with Crippen molar-refractivity contribution in [1.29, 1.82) is 0 Å². The van der Waals surface area contributed by atoms with E-state index in [0.29, 0.717) is 6.54 Å². The van der Waals surface area contributed by atoms with Crippen molar-refractivity contribution in [2.45, 2.75) is 39.7 Å². The molecule has 4 nitrogen and oxygen atoms in total. The molecule has 0 aliphatic carbocycles. The van der Waals surface area contributed by atoms with Crippen LogP contribution in [0.1, 0.15) is 33.6 Å². The van der Waals surface area contributed by atoms with Gasteiger partial charge in [0.25, 0.3) is 0 Å². The molecule has 0 heterocycles. The molecular weight excluding hydrogens is 194 g/mol. The summed E-state index contributed by atoms with van der Waals surface area (Å²) in [5.41, 5.74) is -0.487.